The summed E-state index contributed by atoms with van der Waals surface area (Å²) in [6.07, 6.45) is 5.94. The van der Waals surface area contributed by atoms with E-state index in [4.69, 9.17) is 0 Å². The third-order valence-corrected chi connectivity index (χ3v) is 6.01. The van der Waals surface area contributed by atoms with Crippen LogP contribution in [0.4, 0.5) is 5.69 Å². The number of hydrogen-bond acceptors (Lipinski definition) is 2. The summed E-state index contributed by atoms with van der Waals surface area (Å²) in [5.74, 6) is -0.712. The molecule has 3 rings (SSSR count). The SMILES string of the molecule is Cc1ccc2c(c1)C(=O)C(=O)N2CC1(CBr)CCCCC1. The second kappa shape index (κ2) is 5.56. The summed E-state index contributed by atoms with van der Waals surface area (Å²) in [6, 6.07) is 5.72. The van der Waals surface area contributed by atoms with Gasteiger partial charge in [0.25, 0.3) is 11.7 Å². The van der Waals surface area contributed by atoms with Crippen molar-refractivity contribution in [2.45, 2.75) is 39.0 Å². The number of alkyl halides is 1. The molecule has 1 aromatic carbocycles. The monoisotopic (exact) mass is 349 g/mol. The molecule has 0 spiro atoms. The molecule has 1 aromatic rings. The summed E-state index contributed by atoms with van der Waals surface area (Å²) < 4.78 is 0. The van der Waals surface area contributed by atoms with Crippen LogP contribution in [-0.4, -0.2) is 23.6 Å². The first-order valence-electron chi connectivity index (χ1n) is 7.59. The summed E-state index contributed by atoms with van der Waals surface area (Å²) in [4.78, 5) is 26.3. The first kappa shape index (κ1) is 14.8. The molecule has 4 heteroatoms. The lowest BCUT2D eigenvalue weighted by Gasteiger charge is -2.38. The van der Waals surface area contributed by atoms with Gasteiger partial charge in [0.1, 0.15) is 0 Å². The van der Waals surface area contributed by atoms with Crippen LogP contribution in [0.3, 0.4) is 0 Å². The molecule has 0 unspecified atom stereocenters. The summed E-state index contributed by atoms with van der Waals surface area (Å²) in [5.41, 5.74) is 2.49. The quantitative estimate of drug-likeness (QED) is 0.613. The van der Waals surface area contributed by atoms with E-state index in [0.29, 0.717) is 12.1 Å². The van der Waals surface area contributed by atoms with Crippen molar-refractivity contribution in [3.63, 3.8) is 0 Å². The molecule has 3 nitrogen and oxygen atoms in total. The number of anilines is 1. The highest BCUT2D eigenvalue weighted by molar-refractivity contribution is 9.09. The van der Waals surface area contributed by atoms with Crippen molar-refractivity contribution in [1.82, 2.24) is 0 Å². The number of ketones is 1. The largest absolute Gasteiger partial charge is 0.304 e. The summed E-state index contributed by atoms with van der Waals surface area (Å²) >= 11 is 3.64. The summed E-state index contributed by atoms with van der Waals surface area (Å²) in [6.45, 7) is 2.60. The molecule has 1 aliphatic carbocycles. The van der Waals surface area contributed by atoms with Gasteiger partial charge in [0.05, 0.1) is 11.3 Å². The predicted molar refractivity (Wildman–Crippen MR) is 87.2 cm³/mol. The molecule has 1 fully saturated rings. The molecule has 112 valence electrons. The van der Waals surface area contributed by atoms with Gasteiger partial charge in [-0.25, -0.2) is 0 Å². The number of aryl methyl sites for hydroxylation is 1. The molecule has 1 heterocycles. The highest BCUT2D eigenvalue weighted by atomic mass is 79.9. The standard InChI is InChI=1S/C17H20BrNO2/c1-12-5-6-14-13(9-12)15(20)16(21)19(14)11-17(10-18)7-3-2-4-8-17/h5-6,9H,2-4,7-8,10-11H2,1H3. The maximum absolute atomic E-state index is 12.4. The van der Waals surface area contributed by atoms with Gasteiger partial charge in [-0.3, -0.25) is 9.59 Å². The van der Waals surface area contributed by atoms with E-state index in [9.17, 15) is 9.59 Å². The Labute approximate surface area is 133 Å². The number of carbonyl (C=O) groups is 2. The van der Waals surface area contributed by atoms with Gasteiger partial charge >= 0.3 is 0 Å². The minimum Gasteiger partial charge on any atom is -0.304 e. The molecule has 0 radical (unpaired) electrons. The number of fused-ring (bicyclic) bond motifs is 1. The van der Waals surface area contributed by atoms with Gasteiger partial charge in [-0.1, -0.05) is 46.8 Å². The topological polar surface area (TPSA) is 37.4 Å². The lowest BCUT2D eigenvalue weighted by molar-refractivity contribution is -0.114. The van der Waals surface area contributed by atoms with Crippen LogP contribution in [0.15, 0.2) is 18.2 Å². The van der Waals surface area contributed by atoms with Crippen LogP contribution in [0.25, 0.3) is 0 Å². The van der Waals surface area contributed by atoms with E-state index >= 15 is 0 Å². The van der Waals surface area contributed by atoms with E-state index in [0.717, 1.165) is 29.4 Å². The number of carbonyl (C=O) groups excluding carboxylic acids is 2. The minimum atomic E-state index is -0.360. The van der Waals surface area contributed by atoms with Crippen LogP contribution in [-0.2, 0) is 4.79 Å². The Morgan fingerprint density at radius 3 is 2.57 bits per heavy atom. The van der Waals surface area contributed by atoms with Crippen molar-refractivity contribution in [2.75, 3.05) is 16.8 Å². The fourth-order valence-electron chi connectivity index (χ4n) is 3.54. The zero-order valence-electron chi connectivity index (χ0n) is 12.3. The van der Waals surface area contributed by atoms with Gasteiger partial charge in [-0.2, -0.15) is 0 Å². The molecule has 2 aliphatic rings. The highest BCUT2D eigenvalue weighted by Gasteiger charge is 2.41. The zero-order valence-corrected chi connectivity index (χ0v) is 13.9. The van der Waals surface area contributed by atoms with E-state index in [2.05, 4.69) is 15.9 Å². The van der Waals surface area contributed by atoms with Crippen LogP contribution < -0.4 is 4.90 Å². The normalized spacial score (nSPS) is 20.8. The number of amides is 1. The summed E-state index contributed by atoms with van der Waals surface area (Å²) in [7, 11) is 0. The van der Waals surface area contributed by atoms with Gasteiger partial charge in [0.2, 0.25) is 0 Å². The molecular formula is C17H20BrNO2. The number of benzene rings is 1. The van der Waals surface area contributed by atoms with Crippen molar-refractivity contribution in [2.24, 2.45) is 5.41 Å². The van der Waals surface area contributed by atoms with Crippen molar-refractivity contribution in [1.29, 1.82) is 0 Å². The average molecular weight is 350 g/mol. The average Bonchev–Trinajstić information content (AvgIpc) is 2.73. The molecule has 1 aliphatic heterocycles. The third kappa shape index (κ3) is 2.54. The van der Waals surface area contributed by atoms with Crippen molar-refractivity contribution < 1.29 is 9.59 Å². The Morgan fingerprint density at radius 2 is 1.90 bits per heavy atom. The van der Waals surface area contributed by atoms with Crippen molar-refractivity contribution >= 4 is 33.3 Å². The van der Waals surface area contributed by atoms with Crippen LogP contribution in [0, 0.1) is 12.3 Å². The zero-order chi connectivity index (χ0) is 15.0. The van der Waals surface area contributed by atoms with Gasteiger partial charge in [-0.05, 0) is 37.3 Å². The number of hydrogen-bond donors (Lipinski definition) is 0. The lowest BCUT2D eigenvalue weighted by Crippen LogP contribution is -2.43. The molecule has 0 saturated heterocycles. The van der Waals surface area contributed by atoms with Crippen LogP contribution in [0.2, 0.25) is 0 Å². The number of Topliss-reactive ketones (excluding diaryl/α,β-unsaturated/α-hetero) is 1. The molecule has 1 saturated carbocycles. The van der Waals surface area contributed by atoms with Gasteiger partial charge < -0.3 is 4.90 Å². The van der Waals surface area contributed by atoms with E-state index < -0.39 is 0 Å². The van der Waals surface area contributed by atoms with E-state index in [1.807, 2.05) is 25.1 Å². The Bertz CT molecular complexity index is 590. The smallest absolute Gasteiger partial charge is 0.299 e. The number of nitrogens with zero attached hydrogens (tertiary/aromatic N) is 1. The van der Waals surface area contributed by atoms with Gasteiger partial charge in [0.15, 0.2) is 0 Å². The second-order valence-electron chi connectivity index (χ2n) is 6.44. The first-order chi connectivity index (χ1) is 10.1. The van der Waals surface area contributed by atoms with E-state index in [-0.39, 0.29) is 17.1 Å². The molecule has 0 atom stereocenters. The van der Waals surface area contributed by atoms with Crippen LogP contribution in [0.5, 0.6) is 0 Å². The second-order valence-corrected chi connectivity index (χ2v) is 7.00. The summed E-state index contributed by atoms with van der Waals surface area (Å²) in [5, 5.41) is 0.888. The molecule has 21 heavy (non-hydrogen) atoms. The van der Waals surface area contributed by atoms with Gasteiger partial charge in [0, 0.05) is 11.9 Å². The Balaban J connectivity index is 1.92. The minimum absolute atomic E-state index is 0.112. The number of halogens is 1. The van der Waals surface area contributed by atoms with E-state index in [1.165, 1.54) is 19.3 Å². The van der Waals surface area contributed by atoms with Crippen molar-refractivity contribution in [3.05, 3.63) is 29.3 Å². The maximum atomic E-state index is 12.4. The molecular weight excluding hydrogens is 330 g/mol. The fourth-order valence-corrected chi connectivity index (χ4v) is 4.28. The Hall–Kier alpha value is -1.16. The maximum Gasteiger partial charge on any atom is 0.299 e. The first-order valence-corrected chi connectivity index (χ1v) is 8.71. The van der Waals surface area contributed by atoms with Crippen LogP contribution >= 0.6 is 15.9 Å². The van der Waals surface area contributed by atoms with Crippen molar-refractivity contribution in [3.8, 4) is 0 Å². The fraction of sp³-hybridized carbons (Fsp3) is 0.529. The molecule has 0 aromatic heterocycles. The Morgan fingerprint density at radius 1 is 1.19 bits per heavy atom. The highest BCUT2D eigenvalue weighted by Crippen LogP contribution is 2.41. The lowest BCUT2D eigenvalue weighted by atomic mass is 9.75. The molecule has 1 amide bonds. The predicted octanol–water partition coefficient (Wildman–Crippen LogP) is 3.87. The van der Waals surface area contributed by atoms with E-state index in [1.54, 1.807) is 4.90 Å². The van der Waals surface area contributed by atoms with Crippen LogP contribution in [0.1, 0.15) is 48.0 Å². The number of rotatable bonds is 3. The Kier molecular flexibility index (Phi) is 3.91. The third-order valence-electron chi connectivity index (χ3n) is 4.82. The van der Waals surface area contributed by atoms with Gasteiger partial charge in [-0.15, -0.1) is 0 Å². The molecule has 0 bridgehead atoms. The molecule has 0 N–H and O–H groups in total.